The molecule has 1 aromatic heterocycles. The number of ether oxygens (including phenoxy) is 1. The van der Waals surface area contributed by atoms with E-state index in [9.17, 15) is 14.4 Å². The van der Waals surface area contributed by atoms with Crippen LogP contribution in [0.1, 0.15) is 37.6 Å². The molecule has 10 heteroatoms. The lowest BCUT2D eigenvalue weighted by Crippen LogP contribution is -2.57. The highest BCUT2D eigenvalue weighted by molar-refractivity contribution is 5.88. The molecule has 0 bridgehead atoms. The van der Waals surface area contributed by atoms with Crippen LogP contribution >= 0.6 is 0 Å². The van der Waals surface area contributed by atoms with E-state index in [1.165, 1.54) is 0 Å². The van der Waals surface area contributed by atoms with Gasteiger partial charge in [-0.05, 0) is 38.3 Å². The highest BCUT2D eigenvalue weighted by Crippen LogP contribution is 2.09. The summed E-state index contributed by atoms with van der Waals surface area (Å²) < 4.78 is 5.35. The minimum absolute atomic E-state index is 0.175. The summed E-state index contributed by atoms with van der Waals surface area (Å²) in [5, 5.41) is 6.83. The van der Waals surface area contributed by atoms with Crippen LogP contribution in [0.25, 0.3) is 0 Å². The molecule has 0 saturated carbocycles. The number of rotatable bonds is 10. The molecule has 0 spiro atoms. The summed E-state index contributed by atoms with van der Waals surface area (Å²) >= 11 is 0. The SMILES string of the molecule is CC(C)(C)OC(=O)NN(CCc1ccccc1)C(=O)N[C@@H](Cc1ccccc1)C(=O)NCCc1cnc[nH]1. The number of hydrogen-bond donors (Lipinski definition) is 4. The zero-order valence-electron chi connectivity index (χ0n) is 22.1. The highest BCUT2D eigenvalue weighted by Gasteiger charge is 2.26. The van der Waals surface area contributed by atoms with Crippen LogP contribution in [0.3, 0.4) is 0 Å². The first-order valence-electron chi connectivity index (χ1n) is 12.6. The summed E-state index contributed by atoms with van der Waals surface area (Å²) in [5.41, 5.74) is 4.56. The van der Waals surface area contributed by atoms with E-state index in [1.54, 1.807) is 33.3 Å². The van der Waals surface area contributed by atoms with Crippen molar-refractivity contribution in [3.05, 3.63) is 90.0 Å². The van der Waals surface area contributed by atoms with Crippen LogP contribution in [0.5, 0.6) is 0 Å². The normalized spacial score (nSPS) is 11.8. The predicted octanol–water partition coefficient (Wildman–Crippen LogP) is 3.37. The van der Waals surface area contributed by atoms with Gasteiger partial charge in [0.05, 0.1) is 6.33 Å². The standard InChI is InChI=1S/C28H36N6O4/c1-28(2,3)38-27(37)33-34(17-15-21-10-6-4-7-11-21)26(36)32-24(18-22-12-8-5-9-13-22)25(35)30-16-14-23-19-29-20-31-23/h4-13,19-20,24H,14-18H2,1-3H3,(H,29,31)(H,30,35)(H,32,36)(H,33,37)/t24-/m0/s1. The topological polar surface area (TPSA) is 128 Å². The lowest BCUT2D eigenvalue weighted by molar-refractivity contribution is -0.122. The largest absolute Gasteiger partial charge is 0.443 e. The van der Waals surface area contributed by atoms with Crippen LogP contribution in [-0.4, -0.2) is 57.7 Å². The second-order valence-corrected chi connectivity index (χ2v) is 9.81. The fourth-order valence-corrected chi connectivity index (χ4v) is 3.66. The van der Waals surface area contributed by atoms with Gasteiger partial charge in [-0.3, -0.25) is 4.79 Å². The van der Waals surface area contributed by atoms with E-state index in [0.29, 0.717) is 19.4 Å². The lowest BCUT2D eigenvalue weighted by Gasteiger charge is -2.28. The number of aromatic nitrogens is 2. The monoisotopic (exact) mass is 520 g/mol. The van der Waals surface area contributed by atoms with Crippen LogP contribution in [0.15, 0.2) is 73.2 Å². The van der Waals surface area contributed by atoms with Crippen LogP contribution in [-0.2, 0) is 28.8 Å². The predicted molar refractivity (Wildman–Crippen MR) is 144 cm³/mol. The van der Waals surface area contributed by atoms with E-state index in [-0.39, 0.29) is 18.9 Å². The molecule has 202 valence electrons. The number of hydrazine groups is 1. The number of urea groups is 1. The lowest BCUT2D eigenvalue weighted by atomic mass is 10.1. The summed E-state index contributed by atoms with van der Waals surface area (Å²) in [4.78, 5) is 46.0. The molecular weight excluding hydrogens is 484 g/mol. The average Bonchev–Trinajstić information content (AvgIpc) is 3.40. The van der Waals surface area contributed by atoms with Crippen molar-refractivity contribution in [3.8, 4) is 0 Å². The van der Waals surface area contributed by atoms with E-state index < -0.39 is 23.8 Å². The maximum absolute atomic E-state index is 13.4. The molecule has 1 atom stereocenters. The first kappa shape index (κ1) is 28.2. The summed E-state index contributed by atoms with van der Waals surface area (Å²) in [6.07, 6.45) is 3.86. The van der Waals surface area contributed by atoms with Gasteiger partial charge >= 0.3 is 12.1 Å². The zero-order valence-corrected chi connectivity index (χ0v) is 22.1. The summed E-state index contributed by atoms with van der Waals surface area (Å²) in [7, 11) is 0. The maximum atomic E-state index is 13.4. The second kappa shape index (κ2) is 13.8. The Labute approximate surface area is 223 Å². The molecule has 0 radical (unpaired) electrons. The summed E-state index contributed by atoms with van der Waals surface area (Å²) in [6, 6.07) is 17.5. The molecule has 4 N–H and O–H groups in total. The Morgan fingerprint density at radius 2 is 1.63 bits per heavy atom. The number of aromatic amines is 1. The molecule has 0 aliphatic rings. The third-order valence-corrected chi connectivity index (χ3v) is 5.48. The van der Waals surface area contributed by atoms with Crippen molar-refractivity contribution in [2.75, 3.05) is 13.1 Å². The molecule has 1 heterocycles. The van der Waals surface area contributed by atoms with Gasteiger partial charge in [0, 0.05) is 37.8 Å². The Hall–Kier alpha value is -4.34. The molecule has 0 saturated heterocycles. The van der Waals surface area contributed by atoms with Crippen molar-refractivity contribution >= 4 is 18.0 Å². The zero-order chi connectivity index (χ0) is 27.4. The Balaban J connectivity index is 1.71. The Kier molecular flexibility index (Phi) is 10.3. The molecule has 3 rings (SSSR count). The highest BCUT2D eigenvalue weighted by atomic mass is 16.6. The van der Waals surface area contributed by atoms with E-state index in [4.69, 9.17) is 4.74 Å². The number of H-pyrrole nitrogens is 1. The number of nitrogens with one attached hydrogen (secondary N) is 4. The number of benzene rings is 2. The van der Waals surface area contributed by atoms with Gasteiger partial charge in [-0.15, -0.1) is 0 Å². The molecule has 38 heavy (non-hydrogen) atoms. The van der Waals surface area contributed by atoms with Crippen molar-refractivity contribution in [1.82, 2.24) is 31.0 Å². The Morgan fingerprint density at radius 1 is 0.974 bits per heavy atom. The molecule has 0 aliphatic carbocycles. The van der Waals surface area contributed by atoms with Crippen LogP contribution < -0.4 is 16.1 Å². The molecular formula is C28H36N6O4. The first-order valence-corrected chi connectivity index (χ1v) is 12.6. The fourth-order valence-electron chi connectivity index (χ4n) is 3.66. The van der Waals surface area contributed by atoms with Crippen LogP contribution in [0, 0.1) is 0 Å². The average molecular weight is 521 g/mol. The van der Waals surface area contributed by atoms with Crippen molar-refractivity contribution in [2.24, 2.45) is 0 Å². The molecule has 0 aliphatic heterocycles. The van der Waals surface area contributed by atoms with Crippen molar-refractivity contribution in [3.63, 3.8) is 0 Å². The molecule has 3 aromatic rings. The van der Waals surface area contributed by atoms with Crippen LogP contribution in [0.4, 0.5) is 9.59 Å². The molecule has 0 unspecified atom stereocenters. The number of imidazole rings is 1. The molecule has 4 amide bonds. The smallest absolute Gasteiger partial charge is 0.426 e. The van der Waals surface area contributed by atoms with Gasteiger partial charge in [0.15, 0.2) is 0 Å². The number of hydrogen-bond acceptors (Lipinski definition) is 5. The van der Waals surface area contributed by atoms with E-state index in [2.05, 4.69) is 26.0 Å². The van der Waals surface area contributed by atoms with Gasteiger partial charge in [0.2, 0.25) is 5.91 Å². The van der Waals surface area contributed by atoms with Crippen molar-refractivity contribution < 1.29 is 19.1 Å². The molecule has 2 aromatic carbocycles. The maximum Gasteiger partial charge on any atom is 0.426 e. The number of nitrogens with zero attached hydrogens (tertiary/aromatic N) is 2. The van der Waals surface area contributed by atoms with Gasteiger partial charge in [-0.25, -0.2) is 25.0 Å². The summed E-state index contributed by atoms with van der Waals surface area (Å²) in [6.45, 7) is 5.77. The van der Waals surface area contributed by atoms with Gasteiger partial charge in [0.25, 0.3) is 0 Å². The van der Waals surface area contributed by atoms with E-state index in [1.807, 2.05) is 60.7 Å². The Bertz CT molecular complexity index is 1150. The van der Waals surface area contributed by atoms with Gasteiger partial charge in [0.1, 0.15) is 11.6 Å². The van der Waals surface area contributed by atoms with Crippen molar-refractivity contribution in [1.29, 1.82) is 0 Å². The van der Waals surface area contributed by atoms with E-state index in [0.717, 1.165) is 21.8 Å². The third kappa shape index (κ3) is 9.96. The first-order chi connectivity index (χ1) is 18.2. The number of amides is 4. The second-order valence-electron chi connectivity index (χ2n) is 9.81. The quantitative estimate of drug-likeness (QED) is 0.305. The summed E-state index contributed by atoms with van der Waals surface area (Å²) in [5.74, 6) is -0.331. The van der Waals surface area contributed by atoms with Gasteiger partial charge in [-0.1, -0.05) is 60.7 Å². The minimum Gasteiger partial charge on any atom is -0.443 e. The molecule has 10 nitrogen and oxygen atoms in total. The van der Waals surface area contributed by atoms with E-state index >= 15 is 0 Å². The fraction of sp³-hybridized carbons (Fsp3) is 0.357. The third-order valence-electron chi connectivity index (χ3n) is 5.48. The number of carbonyl (C=O) groups excluding carboxylic acids is 3. The van der Waals surface area contributed by atoms with Crippen LogP contribution in [0.2, 0.25) is 0 Å². The van der Waals surface area contributed by atoms with Crippen molar-refractivity contribution in [2.45, 2.75) is 51.7 Å². The Morgan fingerprint density at radius 3 is 2.24 bits per heavy atom. The minimum atomic E-state index is -0.869. The number of carbonyl (C=O) groups is 3. The molecule has 0 fully saturated rings. The van der Waals surface area contributed by atoms with Gasteiger partial charge in [-0.2, -0.15) is 0 Å². The van der Waals surface area contributed by atoms with Gasteiger partial charge < -0.3 is 20.4 Å².